The molecule has 6 heterocycles. The summed E-state index contributed by atoms with van der Waals surface area (Å²) in [5.74, 6) is 5.52. The molecule has 0 unspecified atom stereocenters. The fourth-order valence-electron chi connectivity index (χ4n) is 8.88. The van der Waals surface area contributed by atoms with Crippen molar-refractivity contribution in [1.82, 2.24) is 0 Å². The van der Waals surface area contributed by atoms with E-state index >= 15 is 0 Å². The Morgan fingerprint density at radius 2 is 1.04 bits per heavy atom. The van der Waals surface area contributed by atoms with Gasteiger partial charge in [0.25, 0.3) is 0 Å². The van der Waals surface area contributed by atoms with Crippen LogP contribution in [0.5, 0.6) is 34.5 Å². The van der Waals surface area contributed by atoms with Crippen molar-refractivity contribution in [2.75, 3.05) is 0 Å². The minimum atomic E-state index is -0.0202. The van der Waals surface area contributed by atoms with E-state index in [1.807, 2.05) is 11.8 Å². The molecule has 230 valence electrons. The molecule has 50 heavy (non-hydrogen) atoms. The Bertz CT molecular complexity index is 3020. The number of hydrogen-bond acceptors (Lipinski definition) is 4. The second-order valence-electron chi connectivity index (χ2n) is 13.5. The minimum absolute atomic E-state index is 0.0202. The normalized spacial score (nSPS) is 14.3. The van der Waals surface area contributed by atoms with E-state index in [0.29, 0.717) is 0 Å². The van der Waals surface area contributed by atoms with E-state index in [2.05, 4.69) is 121 Å². The molecule has 0 radical (unpaired) electrons. The van der Waals surface area contributed by atoms with Crippen LogP contribution in [0.3, 0.4) is 0 Å². The van der Waals surface area contributed by atoms with Crippen molar-refractivity contribution < 1.29 is 14.2 Å². The zero-order valence-corrected chi connectivity index (χ0v) is 30.4. The third-order valence-corrected chi connectivity index (χ3v) is 16.8. The number of para-hydroxylation sites is 1. The molecule has 0 amide bonds. The van der Waals surface area contributed by atoms with E-state index < -0.39 is 0 Å². The summed E-state index contributed by atoms with van der Waals surface area (Å²) in [6.45, 7) is 0.0378. The van der Waals surface area contributed by atoms with Crippen LogP contribution in [0.25, 0.3) is 38.6 Å². The van der Waals surface area contributed by atoms with Crippen LogP contribution in [0.1, 0.15) is 0 Å². The molecule has 0 N–H and O–H groups in total. The molecule has 13 rings (SSSR count). The molecule has 0 spiro atoms. The van der Waals surface area contributed by atoms with Crippen LogP contribution in [-0.4, -0.2) is 42.4 Å². The summed E-state index contributed by atoms with van der Waals surface area (Å²) in [4.78, 5) is 2.68. The number of rotatable bonds is 0. The first kappa shape index (κ1) is 27.2. The molecule has 0 fully saturated rings. The van der Waals surface area contributed by atoms with E-state index in [0.717, 1.165) is 40.0 Å². The van der Waals surface area contributed by atoms with Gasteiger partial charge in [0.1, 0.15) is 0 Å². The summed E-state index contributed by atoms with van der Waals surface area (Å²) >= 11 is 2.34. The summed E-state index contributed by atoms with van der Waals surface area (Å²) in [7, 11) is 0. The first-order valence-corrected chi connectivity index (χ1v) is 21.0. The quantitative estimate of drug-likeness (QED) is 0.171. The predicted octanol–water partition coefficient (Wildman–Crippen LogP) is 6.23. The van der Waals surface area contributed by atoms with Gasteiger partial charge in [0, 0.05) is 0 Å². The Morgan fingerprint density at radius 3 is 1.86 bits per heavy atom. The van der Waals surface area contributed by atoms with E-state index in [9.17, 15) is 0 Å². The van der Waals surface area contributed by atoms with Gasteiger partial charge < -0.3 is 0 Å². The molecule has 4 aliphatic rings. The zero-order valence-electron chi connectivity index (χ0n) is 26.2. The first-order chi connectivity index (χ1) is 24.8. The van der Waals surface area contributed by atoms with Gasteiger partial charge in [0.15, 0.2) is 0 Å². The van der Waals surface area contributed by atoms with Crippen molar-refractivity contribution in [3.8, 4) is 34.5 Å². The Hall–Kier alpha value is -4.54. The molecule has 9 aromatic rings. The Labute approximate surface area is 303 Å². The van der Waals surface area contributed by atoms with Gasteiger partial charge in [0.05, 0.1) is 0 Å². The fraction of sp³-hybridized carbons (Fsp3) is 0. The third kappa shape index (κ3) is 3.42. The summed E-state index contributed by atoms with van der Waals surface area (Å²) in [5, 5.41) is 5.30. The Kier molecular flexibility index (Phi) is 5.23. The van der Waals surface area contributed by atoms with Crippen LogP contribution in [0.4, 0.5) is 0 Å². The molecular weight excluding hydrogens is 764 g/mol. The Morgan fingerprint density at radius 1 is 0.440 bits per heavy atom. The molecule has 0 saturated carbocycles. The van der Waals surface area contributed by atoms with E-state index in [1.165, 1.54) is 75.7 Å². The molecule has 0 bridgehead atoms. The van der Waals surface area contributed by atoms with Crippen LogP contribution < -0.4 is 47.0 Å². The van der Waals surface area contributed by atoms with Gasteiger partial charge in [-0.25, -0.2) is 0 Å². The number of fused-ring (bicyclic) bond motifs is 16. The predicted molar refractivity (Wildman–Crippen MR) is 210 cm³/mol. The van der Waals surface area contributed by atoms with Gasteiger partial charge >= 0.3 is 305 Å². The average molecular weight is 784 g/mol. The van der Waals surface area contributed by atoms with Gasteiger partial charge in [-0.05, 0) is 0 Å². The molecule has 8 heteroatoms. The van der Waals surface area contributed by atoms with Crippen molar-refractivity contribution in [2.24, 2.45) is 0 Å². The van der Waals surface area contributed by atoms with Gasteiger partial charge in [-0.1, -0.05) is 0 Å². The molecular formula is C42H20B2O3SSe2. The molecule has 0 saturated heterocycles. The second kappa shape index (κ2) is 9.61. The SMILES string of the molecule is c1ccc2c(c1)Oc1cc3[se]c4ccccc4c3c3c1B2c1cc2c(cc1O3)Oc1cc3[se]c4ccccc4c3c3c1B2c1ccccc1S3. The summed E-state index contributed by atoms with van der Waals surface area (Å²) in [5.41, 5.74) is 7.33. The number of hydrogen-bond donors (Lipinski definition) is 0. The van der Waals surface area contributed by atoms with Gasteiger partial charge in [0.2, 0.25) is 0 Å². The standard InChI is InChI=1S/C42H20B2O3SSe2/c1-7-15-33-21(9-1)37-35(49-33)19-30-39-41(37)47-29-18-28-25(17-26(29)43(39)23-11-3-5-13-27(23)45-30)44-24-12-4-6-14-32(24)48-42-38-22-10-2-8-16-34(22)50-36(38)20-31(46-28)40(42)44/h1-20H. The van der Waals surface area contributed by atoms with E-state index in [1.54, 1.807) is 0 Å². The van der Waals surface area contributed by atoms with Crippen molar-refractivity contribution >= 4 is 126 Å². The molecule has 4 aliphatic heterocycles. The molecule has 0 aliphatic carbocycles. The number of ether oxygens (including phenoxy) is 3. The fourth-order valence-corrected chi connectivity index (χ4v) is 15.1. The van der Waals surface area contributed by atoms with Crippen LogP contribution in [0.2, 0.25) is 0 Å². The van der Waals surface area contributed by atoms with Crippen molar-refractivity contribution in [3.63, 3.8) is 0 Å². The molecule has 7 aromatic carbocycles. The summed E-state index contributed by atoms with van der Waals surface area (Å²) < 4.78 is 26.5. The summed E-state index contributed by atoms with van der Waals surface area (Å²) in [6, 6.07) is 44.5. The van der Waals surface area contributed by atoms with Crippen LogP contribution in [-0.2, 0) is 0 Å². The van der Waals surface area contributed by atoms with Crippen LogP contribution >= 0.6 is 11.8 Å². The summed E-state index contributed by atoms with van der Waals surface area (Å²) in [6.07, 6.45) is 0. The number of benzene rings is 7. The molecule has 2 aromatic heterocycles. The van der Waals surface area contributed by atoms with Crippen molar-refractivity contribution in [2.45, 2.75) is 9.79 Å². The van der Waals surface area contributed by atoms with Crippen molar-refractivity contribution in [3.05, 3.63) is 121 Å². The van der Waals surface area contributed by atoms with Gasteiger partial charge in [-0.2, -0.15) is 0 Å². The molecule has 0 atom stereocenters. The van der Waals surface area contributed by atoms with Gasteiger partial charge in [-0.15, -0.1) is 0 Å². The molecule has 3 nitrogen and oxygen atoms in total. The maximum absolute atomic E-state index is 7.13. The van der Waals surface area contributed by atoms with Crippen LogP contribution in [0, 0.1) is 0 Å². The second-order valence-corrected chi connectivity index (χ2v) is 19.1. The maximum atomic E-state index is 7.13. The zero-order chi connectivity index (χ0) is 32.2. The first-order valence-electron chi connectivity index (χ1n) is 16.8. The van der Waals surface area contributed by atoms with Gasteiger partial charge in [-0.3, -0.25) is 0 Å². The van der Waals surface area contributed by atoms with Crippen LogP contribution in [0.15, 0.2) is 131 Å². The monoisotopic (exact) mass is 786 g/mol. The Balaban J connectivity index is 1.11. The van der Waals surface area contributed by atoms with E-state index in [-0.39, 0.29) is 42.4 Å². The topological polar surface area (TPSA) is 27.7 Å². The third-order valence-electron chi connectivity index (χ3n) is 10.9. The van der Waals surface area contributed by atoms with Crippen molar-refractivity contribution in [1.29, 1.82) is 0 Å². The van der Waals surface area contributed by atoms with E-state index in [4.69, 9.17) is 14.2 Å². The average Bonchev–Trinajstić information content (AvgIpc) is 3.72.